The third-order valence-electron chi connectivity index (χ3n) is 3.17. The number of nitrogens with zero attached hydrogens (tertiary/aromatic N) is 2. The molecule has 5 nitrogen and oxygen atoms in total. The van der Waals surface area contributed by atoms with Crippen LogP contribution in [0.15, 0.2) is 40.3 Å². The monoisotopic (exact) mass is 340 g/mol. The quantitative estimate of drug-likeness (QED) is 0.807. The maximum atomic E-state index is 12.1. The average molecular weight is 341 g/mol. The second-order valence-corrected chi connectivity index (χ2v) is 6.61. The van der Waals surface area contributed by atoms with E-state index in [2.05, 4.69) is 15.3 Å². The summed E-state index contributed by atoms with van der Waals surface area (Å²) in [6.45, 7) is 3.88. The molecule has 2 rings (SSSR count). The lowest BCUT2D eigenvalue weighted by atomic mass is 10.1. The van der Waals surface area contributed by atoms with E-state index in [0.717, 1.165) is 5.56 Å². The highest BCUT2D eigenvalue weighted by Gasteiger charge is 2.46. The number of alkyl halides is 2. The number of hydrogen-bond acceptors (Lipinski definition) is 4. The molecule has 0 fully saturated rings. The van der Waals surface area contributed by atoms with Crippen molar-refractivity contribution in [1.82, 2.24) is 5.32 Å². The predicted molar refractivity (Wildman–Crippen MR) is 90.4 cm³/mol. The number of benzene rings is 1. The van der Waals surface area contributed by atoms with Gasteiger partial charge in [0.15, 0.2) is 16.5 Å². The third kappa shape index (κ3) is 3.42. The number of nitrogens with two attached hydrogens (primary N) is 1. The molecule has 1 aliphatic rings. The normalized spacial score (nSPS) is 21.0. The van der Waals surface area contributed by atoms with Crippen LogP contribution in [0.4, 0.5) is 0 Å². The first-order valence-electron chi connectivity index (χ1n) is 6.94. The zero-order chi connectivity index (χ0) is 16.3. The minimum absolute atomic E-state index is 0.0819. The predicted octanol–water partition coefficient (Wildman–Crippen LogP) is 2.47. The Hall–Kier alpha value is -1.59. The zero-order valence-electron chi connectivity index (χ0n) is 12.4. The lowest BCUT2D eigenvalue weighted by Crippen LogP contribution is -2.59. The molecular weight excluding hydrogens is 323 g/mol. The van der Waals surface area contributed by atoms with E-state index in [0.29, 0.717) is 12.3 Å². The Labute approximate surface area is 139 Å². The van der Waals surface area contributed by atoms with E-state index in [4.69, 9.17) is 28.9 Å². The van der Waals surface area contributed by atoms with Crippen molar-refractivity contribution in [3.63, 3.8) is 0 Å². The maximum absolute atomic E-state index is 12.1. The summed E-state index contributed by atoms with van der Waals surface area (Å²) < 4.78 is 0. The fourth-order valence-corrected chi connectivity index (χ4v) is 2.54. The minimum Gasteiger partial charge on any atom is -0.383 e. The fraction of sp³-hybridized carbons (Fsp3) is 0.400. The van der Waals surface area contributed by atoms with Gasteiger partial charge in [-0.05, 0) is 5.92 Å². The van der Waals surface area contributed by atoms with Gasteiger partial charge in [0, 0.05) is 12.0 Å². The molecule has 0 aromatic heterocycles. The number of rotatable bonds is 5. The maximum Gasteiger partial charge on any atom is 0.222 e. The number of aliphatic imine (C=N–C) groups is 2. The van der Waals surface area contributed by atoms with E-state index in [1.54, 1.807) is 0 Å². The second-order valence-electron chi connectivity index (χ2n) is 5.51. The smallest absolute Gasteiger partial charge is 0.222 e. The van der Waals surface area contributed by atoms with E-state index < -0.39 is 10.5 Å². The van der Waals surface area contributed by atoms with Crippen LogP contribution < -0.4 is 11.1 Å². The molecule has 1 heterocycles. The topological polar surface area (TPSA) is 79.8 Å². The number of amides is 1. The molecule has 118 valence electrons. The van der Waals surface area contributed by atoms with Gasteiger partial charge in [-0.2, -0.15) is 0 Å². The van der Waals surface area contributed by atoms with Crippen molar-refractivity contribution >= 4 is 40.8 Å². The van der Waals surface area contributed by atoms with Crippen LogP contribution in [0, 0.1) is 5.92 Å². The van der Waals surface area contributed by atoms with Crippen LogP contribution in [0.25, 0.3) is 0 Å². The molecule has 1 amide bonds. The first kappa shape index (κ1) is 16.8. The van der Waals surface area contributed by atoms with Gasteiger partial charge in [0.05, 0.1) is 0 Å². The van der Waals surface area contributed by atoms with Crippen LogP contribution >= 0.6 is 23.2 Å². The molecular formula is C15H18Cl2N4O. The lowest BCUT2D eigenvalue weighted by Gasteiger charge is -2.28. The molecule has 7 heteroatoms. The van der Waals surface area contributed by atoms with Gasteiger partial charge in [0.1, 0.15) is 0 Å². The average Bonchev–Trinajstić information content (AvgIpc) is 2.77. The molecule has 0 saturated heterocycles. The van der Waals surface area contributed by atoms with E-state index in [1.807, 2.05) is 44.2 Å². The van der Waals surface area contributed by atoms with Gasteiger partial charge in [-0.1, -0.05) is 67.4 Å². The molecule has 1 aliphatic heterocycles. The highest BCUT2D eigenvalue weighted by atomic mass is 35.5. The van der Waals surface area contributed by atoms with Crippen LogP contribution in [0.3, 0.4) is 0 Å². The van der Waals surface area contributed by atoms with Gasteiger partial charge in [-0.15, -0.1) is 0 Å². The summed E-state index contributed by atoms with van der Waals surface area (Å²) >= 11 is 12.1. The van der Waals surface area contributed by atoms with Crippen molar-refractivity contribution in [2.24, 2.45) is 21.6 Å². The Morgan fingerprint density at radius 1 is 1.32 bits per heavy atom. The Balaban J connectivity index is 2.34. The van der Waals surface area contributed by atoms with Crippen molar-refractivity contribution in [2.45, 2.75) is 30.8 Å². The fourth-order valence-electron chi connectivity index (χ4n) is 2.11. The SMILES string of the molecule is CC(C)CC(=O)N[C@@]1(C(Cl)Cl)N=C(c2ccccc2)N=C1N. The summed E-state index contributed by atoms with van der Waals surface area (Å²) in [5.41, 5.74) is 5.33. The highest BCUT2D eigenvalue weighted by molar-refractivity contribution is 6.47. The number of carbonyl (C=O) groups is 1. The summed E-state index contributed by atoms with van der Waals surface area (Å²) in [4.78, 5) is 19.7. The first-order valence-corrected chi connectivity index (χ1v) is 7.81. The molecule has 1 atom stereocenters. The molecule has 3 N–H and O–H groups in total. The van der Waals surface area contributed by atoms with Crippen LogP contribution in [0.2, 0.25) is 0 Å². The van der Waals surface area contributed by atoms with Crippen molar-refractivity contribution < 1.29 is 4.79 Å². The summed E-state index contributed by atoms with van der Waals surface area (Å²) in [5, 5.41) is 2.73. The molecule has 1 aromatic carbocycles. The summed E-state index contributed by atoms with van der Waals surface area (Å²) in [5.74, 6) is 0.448. The molecule has 0 spiro atoms. The highest BCUT2D eigenvalue weighted by Crippen LogP contribution is 2.28. The van der Waals surface area contributed by atoms with Gasteiger partial charge >= 0.3 is 0 Å². The van der Waals surface area contributed by atoms with Gasteiger partial charge in [0.25, 0.3) is 0 Å². The molecule has 0 radical (unpaired) electrons. The van der Waals surface area contributed by atoms with Crippen LogP contribution in [-0.2, 0) is 4.79 Å². The number of hydrogen-bond donors (Lipinski definition) is 2. The van der Waals surface area contributed by atoms with E-state index >= 15 is 0 Å². The van der Waals surface area contributed by atoms with E-state index in [9.17, 15) is 4.79 Å². The van der Waals surface area contributed by atoms with Crippen molar-refractivity contribution in [3.05, 3.63) is 35.9 Å². The van der Waals surface area contributed by atoms with Crippen molar-refractivity contribution in [3.8, 4) is 0 Å². The number of nitrogens with one attached hydrogen (secondary N) is 1. The molecule has 1 aromatic rings. The van der Waals surface area contributed by atoms with E-state index in [-0.39, 0.29) is 17.7 Å². The standard InChI is InChI=1S/C15H18Cl2N4O/c1-9(2)8-11(22)20-15(13(16)17)14(18)19-12(21-15)10-6-4-3-5-7-10/h3-7,9,13H,8H2,1-2H3,(H,20,22)(H2,18,19,21)/t15-/m0/s1. The Kier molecular flexibility index (Phi) is 5.08. The van der Waals surface area contributed by atoms with Gasteiger partial charge < -0.3 is 11.1 Å². The molecule has 0 aliphatic carbocycles. The minimum atomic E-state index is -1.42. The van der Waals surface area contributed by atoms with Crippen molar-refractivity contribution in [1.29, 1.82) is 0 Å². The lowest BCUT2D eigenvalue weighted by molar-refractivity contribution is -0.122. The zero-order valence-corrected chi connectivity index (χ0v) is 13.9. The van der Waals surface area contributed by atoms with Crippen LogP contribution in [0.5, 0.6) is 0 Å². The van der Waals surface area contributed by atoms with Gasteiger partial charge in [-0.25, -0.2) is 9.98 Å². The molecule has 0 unspecified atom stereocenters. The van der Waals surface area contributed by atoms with E-state index in [1.165, 1.54) is 0 Å². The van der Waals surface area contributed by atoms with Crippen LogP contribution in [0.1, 0.15) is 25.8 Å². The summed E-state index contributed by atoms with van der Waals surface area (Å²) in [7, 11) is 0. The third-order valence-corrected chi connectivity index (χ3v) is 3.80. The Morgan fingerprint density at radius 2 is 1.95 bits per heavy atom. The number of amidine groups is 2. The number of carbonyl (C=O) groups excluding carboxylic acids is 1. The molecule has 22 heavy (non-hydrogen) atoms. The van der Waals surface area contributed by atoms with Gasteiger partial charge in [-0.3, -0.25) is 4.79 Å². The molecule has 0 saturated carbocycles. The first-order chi connectivity index (χ1) is 10.3. The second kappa shape index (κ2) is 6.67. The Bertz CT molecular complexity index is 613. The van der Waals surface area contributed by atoms with Crippen LogP contribution in [-0.4, -0.2) is 28.1 Å². The number of halogens is 2. The van der Waals surface area contributed by atoms with Gasteiger partial charge in [0.2, 0.25) is 11.6 Å². The summed E-state index contributed by atoms with van der Waals surface area (Å²) in [6, 6.07) is 9.30. The Morgan fingerprint density at radius 3 is 2.50 bits per heavy atom. The van der Waals surface area contributed by atoms with Crippen molar-refractivity contribution in [2.75, 3.05) is 0 Å². The largest absolute Gasteiger partial charge is 0.383 e. The molecule has 0 bridgehead atoms. The summed E-state index contributed by atoms with van der Waals surface area (Å²) in [6.07, 6.45) is 0.325.